The Morgan fingerprint density at radius 2 is 2.06 bits per heavy atom. The molecule has 2 aromatic carbocycles. The fourth-order valence-corrected chi connectivity index (χ4v) is 1.70. The number of ether oxygens (including phenoxy) is 2. The van der Waals surface area contributed by atoms with E-state index in [1.807, 2.05) is 19.1 Å². The van der Waals surface area contributed by atoms with Crippen LogP contribution in [-0.2, 0) is 0 Å². The minimum absolute atomic E-state index is 0.236. The Balaban J connectivity index is 2.36. The molecule has 0 atom stereocenters. The van der Waals surface area contributed by atoms with Gasteiger partial charge in [0.2, 0.25) is 0 Å². The number of hydrogen-bond acceptors (Lipinski definition) is 2. The average molecular weight is 245 g/mol. The maximum Gasteiger partial charge on any atom is 0.165 e. The first-order valence-corrected chi connectivity index (χ1v) is 5.73. The molecule has 0 aromatic heterocycles. The van der Waals surface area contributed by atoms with E-state index < -0.39 is 0 Å². The maximum atomic E-state index is 13.6. The average Bonchev–Trinajstić information content (AvgIpc) is 2.39. The smallest absolute Gasteiger partial charge is 0.165 e. The summed E-state index contributed by atoms with van der Waals surface area (Å²) in [6.45, 7) is 2.52. The van der Waals surface area contributed by atoms with Crippen LogP contribution in [-0.4, -0.2) is 13.7 Å². The first-order chi connectivity index (χ1) is 8.74. The summed E-state index contributed by atoms with van der Waals surface area (Å²) >= 11 is 0. The first-order valence-electron chi connectivity index (χ1n) is 5.73. The summed E-state index contributed by atoms with van der Waals surface area (Å²) in [5.74, 6) is 0.604. The lowest BCUT2D eigenvalue weighted by Gasteiger charge is -2.07. The predicted molar refractivity (Wildman–Crippen MR) is 68.4 cm³/mol. The van der Waals surface area contributed by atoms with Crippen LogP contribution in [0.15, 0.2) is 36.4 Å². The van der Waals surface area contributed by atoms with Gasteiger partial charge in [-0.3, -0.25) is 0 Å². The van der Waals surface area contributed by atoms with Gasteiger partial charge in [0.1, 0.15) is 5.75 Å². The molecule has 2 aromatic rings. The van der Waals surface area contributed by atoms with Crippen LogP contribution >= 0.6 is 0 Å². The highest BCUT2D eigenvalue weighted by Gasteiger charge is 2.06. The summed E-state index contributed by atoms with van der Waals surface area (Å²) in [6, 6.07) is 13.3. The van der Waals surface area contributed by atoms with Gasteiger partial charge < -0.3 is 9.47 Å². The number of methoxy groups -OCH3 is 1. The highest BCUT2D eigenvalue weighted by atomic mass is 19.1. The van der Waals surface area contributed by atoms with Gasteiger partial charge >= 0.3 is 0 Å². The molecule has 2 rings (SSSR count). The van der Waals surface area contributed by atoms with Crippen LogP contribution in [0.3, 0.4) is 0 Å². The minimum Gasteiger partial charge on any atom is -0.494 e. The number of halogens is 1. The van der Waals surface area contributed by atoms with Crippen LogP contribution in [0.5, 0.6) is 11.5 Å². The molecule has 0 spiro atoms. The second-order valence-electron chi connectivity index (χ2n) is 3.72. The molecule has 93 valence electrons. The van der Waals surface area contributed by atoms with Crippen LogP contribution in [0.1, 0.15) is 6.92 Å². The van der Waals surface area contributed by atoms with Crippen molar-refractivity contribution < 1.29 is 13.9 Å². The van der Waals surface area contributed by atoms with Crippen molar-refractivity contribution >= 4 is 0 Å². The van der Waals surface area contributed by atoms with E-state index in [1.54, 1.807) is 18.2 Å². The maximum absolute atomic E-state index is 13.6. The highest BCUT2D eigenvalue weighted by molar-refractivity contribution is 5.65. The van der Waals surface area contributed by atoms with Crippen molar-refractivity contribution in [3.05, 3.63) is 48.3 Å². The molecule has 0 fully saturated rings. The summed E-state index contributed by atoms with van der Waals surface area (Å²) in [6.07, 6.45) is 0. The Labute approximate surface area is 106 Å². The zero-order valence-electron chi connectivity index (χ0n) is 10.4. The number of hydrogen-bond donors (Lipinski definition) is 0. The van der Waals surface area contributed by atoms with E-state index in [0.29, 0.717) is 6.61 Å². The van der Waals surface area contributed by atoms with Crippen molar-refractivity contribution in [2.75, 3.05) is 13.7 Å². The normalized spacial score (nSPS) is 10.2. The molecule has 18 heavy (non-hydrogen) atoms. The summed E-state index contributed by atoms with van der Waals surface area (Å²) in [5.41, 5.74) is 1.54. The van der Waals surface area contributed by atoms with Crippen LogP contribution in [0, 0.1) is 11.9 Å². The molecule has 1 radical (unpaired) electrons. The van der Waals surface area contributed by atoms with Gasteiger partial charge in [-0.05, 0) is 48.4 Å². The summed E-state index contributed by atoms with van der Waals surface area (Å²) in [5, 5.41) is 0. The fraction of sp³-hybridized carbons (Fsp3) is 0.200. The zero-order valence-corrected chi connectivity index (χ0v) is 10.4. The summed E-state index contributed by atoms with van der Waals surface area (Å²) in [7, 11) is 1.44. The molecule has 0 aliphatic heterocycles. The lowest BCUT2D eigenvalue weighted by Crippen LogP contribution is -1.92. The Hall–Kier alpha value is -2.03. The molecule has 0 saturated carbocycles. The zero-order chi connectivity index (χ0) is 13.0. The van der Waals surface area contributed by atoms with E-state index in [1.165, 1.54) is 13.2 Å². The molecule has 0 N–H and O–H groups in total. The molecule has 0 amide bonds. The fourth-order valence-electron chi connectivity index (χ4n) is 1.70. The Bertz CT molecular complexity index is 538. The molecular weight excluding hydrogens is 231 g/mol. The second kappa shape index (κ2) is 5.54. The Kier molecular flexibility index (Phi) is 3.82. The quantitative estimate of drug-likeness (QED) is 0.817. The minimum atomic E-state index is -0.384. The SMILES string of the molecule is CCOc1cc[c]c(-c2ccc(OC)c(F)c2)c1. The third-order valence-electron chi connectivity index (χ3n) is 2.55. The third kappa shape index (κ3) is 2.62. The van der Waals surface area contributed by atoms with E-state index in [9.17, 15) is 4.39 Å². The van der Waals surface area contributed by atoms with Gasteiger partial charge in [-0.1, -0.05) is 12.1 Å². The van der Waals surface area contributed by atoms with Crippen molar-refractivity contribution in [3.8, 4) is 22.6 Å². The van der Waals surface area contributed by atoms with Gasteiger partial charge in [-0.15, -0.1) is 0 Å². The predicted octanol–water partition coefficient (Wildman–Crippen LogP) is 3.70. The molecule has 0 bridgehead atoms. The van der Waals surface area contributed by atoms with E-state index >= 15 is 0 Å². The molecule has 0 aliphatic carbocycles. The molecule has 0 unspecified atom stereocenters. The molecular formula is C15H14FO2. The molecule has 2 nitrogen and oxygen atoms in total. The summed E-state index contributed by atoms with van der Waals surface area (Å²) in [4.78, 5) is 0. The van der Waals surface area contributed by atoms with E-state index in [-0.39, 0.29) is 11.6 Å². The third-order valence-corrected chi connectivity index (χ3v) is 2.55. The lowest BCUT2D eigenvalue weighted by molar-refractivity contribution is 0.340. The van der Waals surface area contributed by atoms with Crippen molar-refractivity contribution in [1.82, 2.24) is 0 Å². The monoisotopic (exact) mass is 245 g/mol. The van der Waals surface area contributed by atoms with E-state index in [0.717, 1.165) is 16.9 Å². The van der Waals surface area contributed by atoms with Crippen LogP contribution < -0.4 is 9.47 Å². The van der Waals surface area contributed by atoms with Crippen molar-refractivity contribution in [2.45, 2.75) is 6.92 Å². The number of rotatable bonds is 4. The van der Waals surface area contributed by atoms with E-state index in [4.69, 9.17) is 9.47 Å². The van der Waals surface area contributed by atoms with Crippen LogP contribution in [0.25, 0.3) is 11.1 Å². The molecule has 3 heteroatoms. The van der Waals surface area contributed by atoms with Crippen LogP contribution in [0.4, 0.5) is 4.39 Å². The van der Waals surface area contributed by atoms with Crippen molar-refractivity contribution in [2.24, 2.45) is 0 Å². The summed E-state index contributed by atoms with van der Waals surface area (Å²) < 4.78 is 23.9. The van der Waals surface area contributed by atoms with Gasteiger partial charge in [-0.2, -0.15) is 0 Å². The number of benzene rings is 2. The van der Waals surface area contributed by atoms with E-state index in [2.05, 4.69) is 6.07 Å². The van der Waals surface area contributed by atoms with Gasteiger partial charge in [0.15, 0.2) is 11.6 Å². The van der Waals surface area contributed by atoms with Gasteiger partial charge in [0.25, 0.3) is 0 Å². The van der Waals surface area contributed by atoms with Crippen molar-refractivity contribution in [1.29, 1.82) is 0 Å². The lowest BCUT2D eigenvalue weighted by atomic mass is 10.1. The van der Waals surface area contributed by atoms with Gasteiger partial charge in [0, 0.05) is 0 Å². The first kappa shape index (κ1) is 12.4. The second-order valence-corrected chi connectivity index (χ2v) is 3.72. The highest BCUT2D eigenvalue weighted by Crippen LogP contribution is 2.27. The topological polar surface area (TPSA) is 18.5 Å². The standard InChI is InChI=1S/C15H14FO2/c1-3-18-13-6-4-5-11(9-13)12-7-8-15(17-2)14(16)10-12/h4,6-10H,3H2,1-2H3. The molecule has 0 aliphatic rings. The van der Waals surface area contributed by atoms with Gasteiger partial charge in [-0.25, -0.2) is 4.39 Å². The Morgan fingerprint density at radius 3 is 2.72 bits per heavy atom. The Morgan fingerprint density at radius 1 is 1.22 bits per heavy atom. The van der Waals surface area contributed by atoms with Gasteiger partial charge in [0.05, 0.1) is 13.7 Å². The van der Waals surface area contributed by atoms with Crippen molar-refractivity contribution in [3.63, 3.8) is 0 Å². The molecule has 0 heterocycles. The van der Waals surface area contributed by atoms with Crippen LogP contribution in [0.2, 0.25) is 0 Å². The molecule has 0 saturated heterocycles. The largest absolute Gasteiger partial charge is 0.494 e.